The van der Waals surface area contributed by atoms with Crippen molar-refractivity contribution in [2.24, 2.45) is 0 Å². The predicted octanol–water partition coefficient (Wildman–Crippen LogP) is 1.47. The van der Waals surface area contributed by atoms with Gasteiger partial charge < -0.3 is 9.63 Å². The third-order valence-corrected chi connectivity index (χ3v) is 2.45. The average molecular weight is 287 g/mol. The van der Waals surface area contributed by atoms with Gasteiger partial charge in [0.25, 0.3) is 6.43 Å². The quantitative estimate of drug-likeness (QED) is 0.887. The Labute approximate surface area is 111 Å². The van der Waals surface area contributed by atoms with Gasteiger partial charge in [-0.3, -0.25) is 0 Å². The molecule has 0 aliphatic heterocycles. The number of aromatic carboxylic acids is 1. The van der Waals surface area contributed by atoms with Crippen LogP contribution in [0.15, 0.2) is 4.52 Å². The SMILES string of the molecule is CC(C)c1nc(Cn2nnc(C(=O)O)c2C(F)F)no1. The van der Waals surface area contributed by atoms with E-state index in [1.54, 1.807) is 0 Å². The number of hydrogen-bond acceptors (Lipinski definition) is 6. The first-order valence-corrected chi connectivity index (χ1v) is 5.67. The Morgan fingerprint density at radius 1 is 1.45 bits per heavy atom. The molecule has 2 heterocycles. The number of alkyl halides is 2. The Kier molecular flexibility index (Phi) is 3.72. The fourth-order valence-corrected chi connectivity index (χ4v) is 1.51. The fourth-order valence-electron chi connectivity index (χ4n) is 1.51. The molecular weight excluding hydrogens is 276 g/mol. The molecule has 0 aliphatic carbocycles. The summed E-state index contributed by atoms with van der Waals surface area (Å²) in [7, 11) is 0. The molecule has 0 atom stereocenters. The number of rotatable bonds is 5. The molecule has 0 fully saturated rings. The van der Waals surface area contributed by atoms with E-state index in [1.165, 1.54) is 0 Å². The largest absolute Gasteiger partial charge is 0.476 e. The van der Waals surface area contributed by atoms with E-state index < -0.39 is 23.8 Å². The summed E-state index contributed by atoms with van der Waals surface area (Å²) in [5, 5.41) is 19.0. The van der Waals surface area contributed by atoms with Gasteiger partial charge in [0.15, 0.2) is 11.5 Å². The zero-order chi connectivity index (χ0) is 14.9. The Balaban J connectivity index is 2.31. The van der Waals surface area contributed by atoms with Crippen LogP contribution >= 0.6 is 0 Å². The molecule has 0 unspecified atom stereocenters. The molecule has 10 heteroatoms. The smallest absolute Gasteiger partial charge is 0.358 e. The van der Waals surface area contributed by atoms with Crippen LogP contribution in [0.2, 0.25) is 0 Å². The van der Waals surface area contributed by atoms with E-state index in [1.807, 2.05) is 13.8 Å². The fraction of sp³-hybridized carbons (Fsp3) is 0.500. The molecule has 2 aromatic rings. The van der Waals surface area contributed by atoms with Crippen molar-refractivity contribution in [1.82, 2.24) is 25.1 Å². The second kappa shape index (κ2) is 5.31. The second-order valence-corrected chi connectivity index (χ2v) is 4.29. The van der Waals surface area contributed by atoms with Crippen molar-refractivity contribution in [1.29, 1.82) is 0 Å². The lowest BCUT2D eigenvalue weighted by Gasteiger charge is -2.02. The summed E-state index contributed by atoms with van der Waals surface area (Å²) >= 11 is 0. The first-order chi connectivity index (χ1) is 9.40. The van der Waals surface area contributed by atoms with Crippen LogP contribution in [0.4, 0.5) is 8.78 Å². The van der Waals surface area contributed by atoms with Crippen LogP contribution in [0.3, 0.4) is 0 Å². The highest BCUT2D eigenvalue weighted by Crippen LogP contribution is 2.22. The maximum Gasteiger partial charge on any atom is 0.358 e. The van der Waals surface area contributed by atoms with Gasteiger partial charge in [-0.05, 0) is 0 Å². The number of carboxylic acid groups (broad SMARTS) is 1. The highest BCUT2D eigenvalue weighted by molar-refractivity contribution is 5.86. The van der Waals surface area contributed by atoms with Crippen molar-refractivity contribution in [3.05, 3.63) is 23.1 Å². The molecule has 8 nitrogen and oxygen atoms in total. The lowest BCUT2D eigenvalue weighted by atomic mass is 10.2. The summed E-state index contributed by atoms with van der Waals surface area (Å²) < 4.78 is 31.5. The predicted molar refractivity (Wildman–Crippen MR) is 59.4 cm³/mol. The second-order valence-electron chi connectivity index (χ2n) is 4.29. The van der Waals surface area contributed by atoms with E-state index in [4.69, 9.17) is 9.63 Å². The standard InChI is InChI=1S/C10H11F2N5O3/c1-4(2)9-13-5(15-20-9)3-17-7(8(11)12)6(10(18)19)14-16-17/h4,8H,3H2,1-2H3,(H,18,19). The summed E-state index contributed by atoms with van der Waals surface area (Å²) in [6, 6.07) is 0. The minimum atomic E-state index is -3.02. The van der Waals surface area contributed by atoms with Crippen LogP contribution < -0.4 is 0 Å². The normalized spacial score (nSPS) is 11.5. The number of halogens is 2. The van der Waals surface area contributed by atoms with Gasteiger partial charge >= 0.3 is 5.97 Å². The summed E-state index contributed by atoms with van der Waals surface area (Å²) in [4.78, 5) is 14.8. The minimum absolute atomic E-state index is 0.00357. The van der Waals surface area contributed by atoms with Crippen LogP contribution in [0, 0.1) is 0 Å². The van der Waals surface area contributed by atoms with Crippen molar-refractivity contribution in [3.63, 3.8) is 0 Å². The van der Waals surface area contributed by atoms with E-state index in [0.29, 0.717) is 5.89 Å². The highest BCUT2D eigenvalue weighted by atomic mass is 19.3. The molecule has 2 aromatic heterocycles. The van der Waals surface area contributed by atoms with E-state index in [0.717, 1.165) is 4.68 Å². The van der Waals surface area contributed by atoms with Gasteiger partial charge in [-0.2, -0.15) is 4.98 Å². The van der Waals surface area contributed by atoms with Crippen LogP contribution in [-0.4, -0.2) is 36.2 Å². The van der Waals surface area contributed by atoms with Crippen molar-refractivity contribution in [3.8, 4) is 0 Å². The van der Waals surface area contributed by atoms with Crippen molar-refractivity contribution in [2.75, 3.05) is 0 Å². The molecule has 0 aromatic carbocycles. The van der Waals surface area contributed by atoms with E-state index >= 15 is 0 Å². The summed E-state index contributed by atoms with van der Waals surface area (Å²) in [5.74, 6) is -1.09. The third kappa shape index (κ3) is 2.63. The summed E-state index contributed by atoms with van der Waals surface area (Å²) in [6.45, 7) is 3.43. The van der Waals surface area contributed by atoms with Gasteiger partial charge in [-0.1, -0.05) is 24.2 Å². The number of carbonyl (C=O) groups is 1. The monoisotopic (exact) mass is 287 g/mol. The Hall–Kier alpha value is -2.39. The third-order valence-electron chi connectivity index (χ3n) is 2.45. The molecule has 0 amide bonds. The maximum atomic E-state index is 12.9. The van der Waals surface area contributed by atoms with Gasteiger partial charge in [0.05, 0.1) is 0 Å². The molecule has 1 N–H and O–H groups in total. The molecule has 0 bridgehead atoms. The van der Waals surface area contributed by atoms with Crippen LogP contribution in [0.5, 0.6) is 0 Å². The van der Waals surface area contributed by atoms with Crippen molar-refractivity contribution >= 4 is 5.97 Å². The lowest BCUT2D eigenvalue weighted by molar-refractivity contribution is 0.0675. The van der Waals surface area contributed by atoms with Crippen LogP contribution in [0.25, 0.3) is 0 Å². The van der Waals surface area contributed by atoms with Gasteiger partial charge in [-0.25, -0.2) is 18.3 Å². The molecule has 108 valence electrons. The maximum absolute atomic E-state index is 12.9. The minimum Gasteiger partial charge on any atom is -0.476 e. The average Bonchev–Trinajstić information content (AvgIpc) is 2.95. The van der Waals surface area contributed by atoms with Gasteiger partial charge in [0.2, 0.25) is 5.89 Å². The topological polar surface area (TPSA) is 107 Å². The molecule has 0 saturated carbocycles. The Bertz CT molecular complexity index is 622. The molecular formula is C10H11F2N5O3. The van der Waals surface area contributed by atoms with Crippen molar-refractivity contribution < 1.29 is 23.2 Å². The van der Waals surface area contributed by atoms with E-state index in [2.05, 4.69) is 20.5 Å². The van der Waals surface area contributed by atoms with E-state index in [9.17, 15) is 13.6 Å². The molecule has 0 aliphatic rings. The van der Waals surface area contributed by atoms with Gasteiger partial charge in [0.1, 0.15) is 12.2 Å². The Morgan fingerprint density at radius 2 is 2.15 bits per heavy atom. The molecule has 0 spiro atoms. The van der Waals surface area contributed by atoms with Gasteiger partial charge in [-0.15, -0.1) is 5.10 Å². The molecule has 0 saturated heterocycles. The zero-order valence-corrected chi connectivity index (χ0v) is 10.6. The first-order valence-electron chi connectivity index (χ1n) is 5.67. The van der Waals surface area contributed by atoms with Crippen LogP contribution in [0.1, 0.15) is 54.1 Å². The number of hydrogen-bond donors (Lipinski definition) is 1. The van der Waals surface area contributed by atoms with Crippen LogP contribution in [-0.2, 0) is 6.54 Å². The van der Waals surface area contributed by atoms with Gasteiger partial charge in [0, 0.05) is 5.92 Å². The zero-order valence-electron chi connectivity index (χ0n) is 10.6. The summed E-state index contributed by atoms with van der Waals surface area (Å²) in [5.41, 5.74) is -1.57. The lowest BCUT2D eigenvalue weighted by Crippen LogP contribution is -2.10. The molecule has 0 radical (unpaired) electrons. The number of carboxylic acids is 1. The number of aromatic nitrogens is 5. The number of nitrogens with zero attached hydrogens (tertiary/aromatic N) is 5. The van der Waals surface area contributed by atoms with E-state index in [-0.39, 0.29) is 18.3 Å². The molecule has 2 rings (SSSR count). The Morgan fingerprint density at radius 3 is 2.65 bits per heavy atom. The highest BCUT2D eigenvalue weighted by Gasteiger charge is 2.27. The summed E-state index contributed by atoms with van der Waals surface area (Å²) in [6.07, 6.45) is -3.02. The molecule has 20 heavy (non-hydrogen) atoms. The first kappa shape index (κ1) is 14.0. The van der Waals surface area contributed by atoms with Crippen molar-refractivity contribution in [2.45, 2.75) is 32.7 Å².